The van der Waals surface area contributed by atoms with E-state index in [9.17, 15) is 4.79 Å². The summed E-state index contributed by atoms with van der Waals surface area (Å²) in [5.41, 5.74) is 5.49. The lowest BCUT2D eigenvalue weighted by molar-refractivity contribution is -0.123. The van der Waals surface area contributed by atoms with E-state index in [1.807, 2.05) is 0 Å². The highest BCUT2D eigenvalue weighted by atomic mass is 16.2. The van der Waals surface area contributed by atoms with Crippen molar-refractivity contribution >= 4 is 5.91 Å². The number of likely N-dealkylation sites (tertiary alicyclic amines) is 1. The third-order valence-corrected chi connectivity index (χ3v) is 2.71. The molecule has 1 unspecified atom stereocenters. The van der Waals surface area contributed by atoms with Gasteiger partial charge in [-0.2, -0.15) is 0 Å². The third-order valence-electron chi connectivity index (χ3n) is 2.71. The van der Waals surface area contributed by atoms with Crippen LogP contribution in [-0.4, -0.2) is 42.5 Å². The van der Waals surface area contributed by atoms with Gasteiger partial charge in [-0.3, -0.25) is 4.79 Å². The van der Waals surface area contributed by atoms with Crippen molar-refractivity contribution in [2.24, 2.45) is 5.73 Å². The molecular weight excluding hydrogens is 178 g/mol. The van der Waals surface area contributed by atoms with Crippen molar-refractivity contribution in [1.29, 1.82) is 0 Å². The Hall–Kier alpha value is -0.610. The number of likely N-dealkylation sites (N-methyl/N-ethyl adjacent to an activating group) is 1. The maximum Gasteiger partial charge on any atom is 0.236 e. The van der Waals surface area contributed by atoms with Gasteiger partial charge in [0.15, 0.2) is 0 Å². The van der Waals surface area contributed by atoms with E-state index >= 15 is 0 Å². The molecule has 0 saturated carbocycles. The Morgan fingerprint density at radius 1 is 1.71 bits per heavy atom. The highest BCUT2D eigenvalue weighted by Gasteiger charge is 2.21. The number of rotatable bonds is 3. The smallest absolute Gasteiger partial charge is 0.236 e. The average Bonchev–Trinajstić information content (AvgIpc) is 2.18. The lowest BCUT2D eigenvalue weighted by Gasteiger charge is -2.32. The van der Waals surface area contributed by atoms with Gasteiger partial charge in [-0.1, -0.05) is 6.92 Å². The molecule has 1 rings (SSSR count). The van der Waals surface area contributed by atoms with E-state index in [1.54, 1.807) is 6.92 Å². The summed E-state index contributed by atoms with van der Waals surface area (Å²) >= 11 is 0. The van der Waals surface area contributed by atoms with Crippen LogP contribution in [0.4, 0.5) is 0 Å². The fraction of sp³-hybridized carbons (Fsp3) is 0.900. The zero-order valence-corrected chi connectivity index (χ0v) is 9.12. The highest BCUT2D eigenvalue weighted by molar-refractivity contribution is 5.81. The van der Waals surface area contributed by atoms with Crippen molar-refractivity contribution < 1.29 is 4.79 Å². The lowest BCUT2D eigenvalue weighted by Crippen LogP contribution is -2.51. The molecule has 0 aromatic rings. The Kier molecular flexibility index (Phi) is 4.35. The summed E-state index contributed by atoms with van der Waals surface area (Å²) in [6.07, 6.45) is 2.24. The van der Waals surface area contributed by atoms with Crippen LogP contribution in [0.2, 0.25) is 0 Å². The molecule has 1 aliphatic rings. The minimum Gasteiger partial charge on any atom is -0.351 e. The van der Waals surface area contributed by atoms with E-state index in [2.05, 4.69) is 17.1 Å². The maximum atomic E-state index is 11.4. The minimum absolute atomic E-state index is 0.0343. The summed E-state index contributed by atoms with van der Waals surface area (Å²) < 4.78 is 0. The Morgan fingerprint density at radius 2 is 2.43 bits per heavy atom. The predicted molar refractivity (Wildman–Crippen MR) is 56.9 cm³/mol. The molecule has 1 heterocycles. The van der Waals surface area contributed by atoms with Crippen LogP contribution in [0.3, 0.4) is 0 Å². The summed E-state index contributed by atoms with van der Waals surface area (Å²) in [4.78, 5) is 13.7. The van der Waals surface area contributed by atoms with Crippen molar-refractivity contribution in [2.75, 3.05) is 19.6 Å². The van der Waals surface area contributed by atoms with Crippen LogP contribution < -0.4 is 11.1 Å². The average molecular weight is 199 g/mol. The van der Waals surface area contributed by atoms with Gasteiger partial charge in [-0.25, -0.2) is 0 Å². The fourth-order valence-corrected chi connectivity index (χ4v) is 1.79. The first-order valence-corrected chi connectivity index (χ1v) is 5.41. The quantitative estimate of drug-likeness (QED) is 0.669. The SMILES string of the molecule is CCN1CCCC(NC(=O)[C@@H](C)N)C1. The molecule has 1 fully saturated rings. The third kappa shape index (κ3) is 3.27. The Balaban J connectivity index is 2.34. The minimum atomic E-state index is -0.396. The first-order valence-electron chi connectivity index (χ1n) is 5.41. The van der Waals surface area contributed by atoms with Crippen LogP contribution >= 0.6 is 0 Å². The number of nitrogens with zero attached hydrogens (tertiary/aromatic N) is 1. The standard InChI is InChI=1S/C10H21N3O/c1-3-13-6-4-5-9(7-13)12-10(14)8(2)11/h8-9H,3-7,11H2,1-2H3,(H,12,14)/t8-,9?/m1/s1. The molecule has 14 heavy (non-hydrogen) atoms. The number of carbonyl (C=O) groups excluding carboxylic acids is 1. The topological polar surface area (TPSA) is 58.4 Å². The van der Waals surface area contributed by atoms with E-state index in [4.69, 9.17) is 5.73 Å². The van der Waals surface area contributed by atoms with E-state index < -0.39 is 6.04 Å². The molecule has 2 atom stereocenters. The van der Waals surface area contributed by atoms with Gasteiger partial charge < -0.3 is 16.0 Å². The largest absolute Gasteiger partial charge is 0.351 e. The van der Waals surface area contributed by atoms with Crippen molar-refractivity contribution in [3.8, 4) is 0 Å². The molecule has 0 spiro atoms. The van der Waals surface area contributed by atoms with E-state index in [0.29, 0.717) is 6.04 Å². The number of piperidine rings is 1. The van der Waals surface area contributed by atoms with Crippen LogP contribution in [0.5, 0.6) is 0 Å². The number of nitrogens with one attached hydrogen (secondary N) is 1. The van der Waals surface area contributed by atoms with Gasteiger partial charge in [0.05, 0.1) is 6.04 Å². The second-order valence-electron chi connectivity index (χ2n) is 4.03. The molecule has 1 saturated heterocycles. The molecule has 4 nitrogen and oxygen atoms in total. The molecule has 1 amide bonds. The fourth-order valence-electron chi connectivity index (χ4n) is 1.79. The molecule has 0 radical (unpaired) electrons. The van der Waals surface area contributed by atoms with Crippen molar-refractivity contribution in [1.82, 2.24) is 10.2 Å². The molecule has 0 aromatic carbocycles. The number of nitrogens with two attached hydrogens (primary N) is 1. The molecule has 0 aromatic heterocycles. The van der Waals surface area contributed by atoms with Crippen LogP contribution in [0, 0.1) is 0 Å². The van der Waals surface area contributed by atoms with Gasteiger partial charge in [0.1, 0.15) is 0 Å². The number of hydrogen-bond donors (Lipinski definition) is 2. The van der Waals surface area contributed by atoms with E-state index in [0.717, 1.165) is 32.5 Å². The zero-order chi connectivity index (χ0) is 10.6. The molecule has 0 bridgehead atoms. The van der Waals surface area contributed by atoms with Crippen LogP contribution in [0.15, 0.2) is 0 Å². The molecule has 82 valence electrons. The molecule has 1 aliphatic heterocycles. The van der Waals surface area contributed by atoms with Crippen LogP contribution in [0.1, 0.15) is 26.7 Å². The summed E-state index contributed by atoms with van der Waals surface area (Å²) in [6, 6.07) is -0.103. The Labute approximate surface area is 85.8 Å². The molecule has 3 N–H and O–H groups in total. The first-order chi connectivity index (χ1) is 6.63. The van der Waals surface area contributed by atoms with Gasteiger partial charge in [0.25, 0.3) is 0 Å². The normalized spacial score (nSPS) is 25.8. The molecule has 4 heteroatoms. The monoisotopic (exact) mass is 199 g/mol. The Morgan fingerprint density at radius 3 is 3.00 bits per heavy atom. The predicted octanol–water partition coefficient (Wildman–Crippen LogP) is -0.0659. The number of carbonyl (C=O) groups is 1. The summed E-state index contributed by atoms with van der Waals surface area (Å²) in [5.74, 6) is -0.0343. The summed E-state index contributed by atoms with van der Waals surface area (Å²) in [5, 5.41) is 2.98. The van der Waals surface area contributed by atoms with E-state index in [1.165, 1.54) is 0 Å². The van der Waals surface area contributed by atoms with Gasteiger partial charge in [0.2, 0.25) is 5.91 Å². The second-order valence-corrected chi connectivity index (χ2v) is 4.03. The van der Waals surface area contributed by atoms with Gasteiger partial charge in [-0.15, -0.1) is 0 Å². The van der Waals surface area contributed by atoms with Gasteiger partial charge in [0, 0.05) is 12.6 Å². The number of hydrogen-bond acceptors (Lipinski definition) is 3. The lowest BCUT2D eigenvalue weighted by atomic mass is 10.1. The van der Waals surface area contributed by atoms with Crippen molar-refractivity contribution in [2.45, 2.75) is 38.8 Å². The van der Waals surface area contributed by atoms with Gasteiger partial charge >= 0.3 is 0 Å². The van der Waals surface area contributed by atoms with Gasteiger partial charge in [-0.05, 0) is 32.9 Å². The Bertz CT molecular complexity index is 194. The highest BCUT2D eigenvalue weighted by Crippen LogP contribution is 2.09. The second kappa shape index (κ2) is 5.32. The van der Waals surface area contributed by atoms with Crippen LogP contribution in [-0.2, 0) is 4.79 Å². The summed E-state index contributed by atoms with van der Waals surface area (Å²) in [7, 11) is 0. The van der Waals surface area contributed by atoms with Crippen molar-refractivity contribution in [3.05, 3.63) is 0 Å². The van der Waals surface area contributed by atoms with Crippen LogP contribution in [0.25, 0.3) is 0 Å². The van der Waals surface area contributed by atoms with Crippen molar-refractivity contribution in [3.63, 3.8) is 0 Å². The molecular formula is C10H21N3O. The first kappa shape index (κ1) is 11.5. The summed E-state index contributed by atoms with van der Waals surface area (Å²) in [6.45, 7) is 7.05. The molecule has 0 aliphatic carbocycles. The zero-order valence-electron chi connectivity index (χ0n) is 9.12. The van der Waals surface area contributed by atoms with E-state index in [-0.39, 0.29) is 5.91 Å². The maximum absolute atomic E-state index is 11.4. The number of amides is 1.